The molecule has 0 unspecified atom stereocenters. The van der Waals surface area contributed by atoms with Gasteiger partial charge >= 0.3 is 0 Å². The van der Waals surface area contributed by atoms with Crippen LogP contribution in [0.2, 0.25) is 0 Å². The highest BCUT2D eigenvalue weighted by atomic mass is 16.3. The summed E-state index contributed by atoms with van der Waals surface area (Å²) in [6.07, 6.45) is 4.23. The first kappa shape index (κ1) is 11.0. The van der Waals surface area contributed by atoms with Crippen molar-refractivity contribution in [1.82, 2.24) is 0 Å². The lowest BCUT2D eigenvalue weighted by Gasteiger charge is -2.29. The quantitative estimate of drug-likeness (QED) is 0.815. The molecule has 0 bridgehead atoms. The van der Waals surface area contributed by atoms with E-state index in [0.29, 0.717) is 5.56 Å². The maximum Gasteiger partial charge on any atom is 0.101 e. The molecule has 0 heterocycles. The second-order valence-electron chi connectivity index (χ2n) is 4.43. The molecule has 0 atom stereocenters. The van der Waals surface area contributed by atoms with E-state index >= 15 is 0 Å². The minimum absolute atomic E-state index is 0.132. The van der Waals surface area contributed by atoms with E-state index in [2.05, 4.69) is 11.4 Å². The standard InChI is InChI=1S/C13H16N2O/c14-9-11-5-1-2-6-12(11)15-13(10-16)7-3-4-8-13/h1-2,5-6,15-16H,3-4,7-8,10H2. The smallest absolute Gasteiger partial charge is 0.101 e. The van der Waals surface area contributed by atoms with E-state index in [9.17, 15) is 5.11 Å². The molecule has 1 fully saturated rings. The molecule has 0 radical (unpaired) electrons. The lowest BCUT2D eigenvalue weighted by Crippen LogP contribution is -2.39. The van der Waals surface area contributed by atoms with Crippen LogP contribution < -0.4 is 5.32 Å². The van der Waals surface area contributed by atoms with Gasteiger partial charge in [0.1, 0.15) is 6.07 Å². The highest BCUT2D eigenvalue weighted by Gasteiger charge is 2.33. The second-order valence-corrected chi connectivity index (χ2v) is 4.43. The molecule has 0 aromatic heterocycles. The predicted molar refractivity (Wildman–Crippen MR) is 63.1 cm³/mol. The van der Waals surface area contributed by atoms with Crippen LogP contribution in [0.15, 0.2) is 24.3 Å². The number of benzene rings is 1. The van der Waals surface area contributed by atoms with Gasteiger partial charge in [-0.15, -0.1) is 0 Å². The monoisotopic (exact) mass is 216 g/mol. The van der Waals surface area contributed by atoms with Crippen molar-refractivity contribution in [3.8, 4) is 6.07 Å². The van der Waals surface area contributed by atoms with Crippen LogP contribution in [-0.4, -0.2) is 17.3 Å². The predicted octanol–water partition coefficient (Wildman–Crippen LogP) is 2.28. The molecule has 84 valence electrons. The third-order valence-corrected chi connectivity index (χ3v) is 3.31. The summed E-state index contributed by atoms with van der Waals surface area (Å²) in [5, 5.41) is 21.8. The second kappa shape index (κ2) is 4.54. The zero-order valence-corrected chi connectivity index (χ0v) is 9.24. The topological polar surface area (TPSA) is 56.0 Å². The zero-order valence-electron chi connectivity index (χ0n) is 9.24. The van der Waals surface area contributed by atoms with Gasteiger partial charge in [-0.2, -0.15) is 5.26 Å². The molecule has 0 aliphatic heterocycles. The van der Waals surface area contributed by atoms with Crippen molar-refractivity contribution in [2.24, 2.45) is 0 Å². The van der Waals surface area contributed by atoms with Crippen molar-refractivity contribution in [2.75, 3.05) is 11.9 Å². The highest BCUT2D eigenvalue weighted by molar-refractivity contribution is 5.58. The van der Waals surface area contributed by atoms with Crippen molar-refractivity contribution in [1.29, 1.82) is 5.26 Å². The third-order valence-electron chi connectivity index (χ3n) is 3.31. The fourth-order valence-corrected chi connectivity index (χ4v) is 2.35. The number of nitriles is 1. The highest BCUT2D eigenvalue weighted by Crippen LogP contribution is 2.33. The number of nitrogens with zero attached hydrogens (tertiary/aromatic N) is 1. The zero-order chi connectivity index (χ0) is 11.4. The van der Waals surface area contributed by atoms with E-state index in [0.717, 1.165) is 31.4 Å². The summed E-state index contributed by atoms with van der Waals surface area (Å²) in [5.41, 5.74) is 1.26. The minimum atomic E-state index is -0.215. The van der Waals surface area contributed by atoms with Crippen LogP contribution in [0, 0.1) is 11.3 Å². The van der Waals surface area contributed by atoms with Crippen LogP contribution in [0.4, 0.5) is 5.69 Å². The van der Waals surface area contributed by atoms with Gasteiger partial charge in [-0.25, -0.2) is 0 Å². The van der Waals surface area contributed by atoms with E-state index in [4.69, 9.17) is 5.26 Å². The molecule has 0 saturated heterocycles. The van der Waals surface area contributed by atoms with Crippen molar-refractivity contribution in [3.63, 3.8) is 0 Å². The Labute approximate surface area is 95.7 Å². The Balaban J connectivity index is 2.23. The summed E-state index contributed by atoms with van der Waals surface area (Å²) in [6.45, 7) is 0.132. The van der Waals surface area contributed by atoms with Gasteiger partial charge in [0.2, 0.25) is 0 Å². The van der Waals surface area contributed by atoms with Gasteiger partial charge in [-0.3, -0.25) is 0 Å². The summed E-state index contributed by atoms with van der Waals surface area (Å²) in [6, 6.07) is 9.61. The Kier molecular flexibility index (Phi) is 3.12. The van der Waals surface area contributed by atoms with Gasteiger partial charge in [-0.1, -0.05) is 25.0 Å². The summed E-state index contributed by atoms with van der Waals surface area (Å²) in [4.78, 5) is 0. The van der Waals surface area contributed by atoms with E-state index in [1.165, 1.54) is 0 Å². The number of anilines is 1. The van der Waals surface area contributed by atoms with Gasteiger partial charge in [0.25, 0.3) is 0 Å². The normalized spacial score (nSPS) is 18.0. The van der Waals surface area contributed by atoms with Gasteiger partial charge in [0.05, 0.1) is 23.4 Å². The SMILES string of the molecule is N#Cc1ccccc1NC1(CO)CCCC1. The van der Waals surface area contributed by atoms with E-state index < -0.39 is 0 Å². The summed E-state index contributed by atoms with van der Waals surface area (Å²) >= 11 is 0. The molecule has 1 aliphatic rings. The fourth-order valence-electron chi connectivity index (χ4n) is 2.35. The molecule has 2 rings (SSSR count). The average Bonchev–Trinajstić information content (AvgIpc) is 2.79. The molecular formula is C13H16N2O. The van der Waals surface area contributed by atoms with Crippen molar-refractivity contribution in [3.05, 3.63) is 29.8 Å². The molecule has 0 spiro atoms. The van der Waals surface area contributed by atoms with Gasteiger partial charge in [0, 0.05) is 0 Å². The van der Waals surface area contributed by atoms with Crippen LogP contribution >= 0.6 is 0 Å². The minimum Gasteiger partial charge on any atom is -0.394 e. The Morgan fingerprint density at radius 1 is 1.31 bits per heavy atom. The molecule has 1 aliphatic carbocycles. The number of aliphatic hydroxyl groups excluding tert-OH is 1. The molecule has 1 saturated carbocycles. The van der Waals surface area contributed by atoms with E-state index in [1.807, 2.05) is 18.2 Å². The number of aliphatic hydroxyl groups is 1. The molecule has 16 heavy (non-hydrogen) atoms. The van der Waals surface area contributed by atoms with Crippen LogP contribution in [0.25, 0.3) is 0 Å². The Bertz CT molecular complexity index is 403. The van der Waals surface area contributed by atoms with Crippen LogP contribution in [0.3, 0.4) is 0 Å². The van der Waals surface area contributed by atoms with Crippen molar-refractivity contribution >= 4 is 5.69 Å². The lowest BCUT2D eigenvalue weighted by atomic mass is 9.97. The van der Waals surface area contributed by atoms with Crippen LogP contribution in [0.1, 0.15) is 31.2 Å². The number of para-hydroxylation sites is 1. The first-order valence-electron chi connectivity index (χ1n) is 5.68. The van der Waals surface area contributed by atoms with Gasteiger partial charge < -0.3 is 10.4 Å². The van der Waals surface area contributed by atoms with E-state index in [1.54, 1.807) is 6.07 Å². The summed E-state index contributed by atoms with van der Waals surface area (Å²) in [7, 11) is 0. The molecule has 3 heteroatoms. The molecule has 0 amide bonds. The molecular weight excluding hydrogens is 200 g/mol. The maximum absolute atomic E-state index is 9.50. The lowest BCUT2D eigenvalue weighted by molar-refractivity contribution is 0.214. The molecule has 3 nitrogen and oxygen atoms in total. The number of rotatable bonds is 3. The fraction of sp³-hybridized carbons (Fsp3) is 0.462. The Morgan fingerprint density at radius 2 is 2.00 bits per heavy atom. The van der Waals surface area contributed by atoms with Gasteiger partial charge in [-0.05, 0) is 25.0 Å². The average molecular weight is 216 g/mol. The summed E-state index contributed by atoms with van der Waals surface area (Å²) < 4.78 is 0. The number of hydrogen-bond acceptors (Lipinski definition) is 3. The number of nitrogens with one attached hydrogen (secondary N) is 1. The third kappa shape index (κ3) is 2.02. The van der Waals surface area contributed by atoms with Crippen molar-refractivity contribution < 1.29 is 5.11 Å². The first-order valence-corrected chi connectivity index (χ1v) is 5.68. The molecule has 2 N–H and O–H groups in total. The van der Waals surface area contributed by atoms with Gasteiger partial charge in [0.15, 0.2) is 0 Å². The first-order chi connectivity index (χ1) is 7.79. The molecule has 1 aromatic carbocycles. The van der Waals surface area contributed by atoms with E-state index in [-0.39, 0.29) is 12.1 Å². The number of hydrogen-bond donors (Lipinski definition) is 2. The van der Waals surface area contributed by atoms with Crippen molar-refractivity contribution in [2.45, 2.75) is 31.2 Å². The molecule has 1 aromatic rings. The van der Waals surface area contributed by atoms with Crippen LogP contribution in [-0.2, 0) is 0 Å². The Hall–Kier alpha value is -1.53. The largest absolute Gasteiger partial charge is 0.394 e. The summed E-state index contributed by atoms with van der Waals surface area (Å²) in [5.74, 6) is 0. The maximum atomic E-state index is 9.50. The van der Waals surface area contributed by atoms with Crippen LogP contribution in [0.5, 0.6) is 0 Å². The Morgan fingerprint density at radius 3 is 2.62 bits per heavy atom.